The molecule has 1 aromatic rings. The number of epoxide rings is 1. The Morgan fingerprint density at radius 2 is 1.97 bits per heavy atom. The van der Waals surface area contributed by atoms with E-state index in [1.165, 1.54) is 25.3 Å². The summed E-state index contributed by atoms with van der Waals surface area (Å²) in [5.41, 5.74) is 0.771. The number of hydrogen-bond donors (Lipinski definition) is 0. The molecule has 0 bridgehead atoms. The Bertz CT molecular complexity index is 887. The number of fused-ring (bicyclic) bond motifs is 2. The van der Waals surface area contributed by atoms with Gasteiger partial charge in [0.25, 0.3) is 0 Å². The van der Waals surface area contributed by atoms with E-state index in [1.54, 1.807) is 6.07 Å². The average molecular weight is 429 g/mol. The first-order valence-corrected chi connectivity index (χ1v) is 12.0. The van der Waals surface area contributed by atoms with Gasteiger partial charge < -0.3 is 14.4 Å². The second kappa shape index (κ2) is 6.92. The number of ether oxygens (including phenoxy) is 2. The molecule has 0 unspecified atom stereocenters. The van der Waals surface area contributed by atoms with Crippen LogP contribution >= 0.6 is 0 Å². The molecule has 5 nitrogen and oxygen atoms in total. The molecule has 3 heterocycles. The Morgan fingerprint density at radius 1 is 1.19 bits per heavy atom. The number of nitrogens with zero attached hydrogens (tertiary/aromatic N) is 2. The molecule has 5 aliphatic rings. The molecule has 1 aromatic carbocycles. The van der Waals surface area contributed by atoms with Crippen molar-refractivity contribution in [1.29, 1.82) is 0 Å². The molecular formula is C25H33FN2O3. The van der Waals surface area contributed by atoms with Crippen molar-refractivity contribution in [3.05, 3.63) is 30.1 Å². The van der Waals surface area contributed by atoms with Crippen molar-refractivity contribution in [2.45, 2.75) is 57.3 Å². The Kier molecular flexibility index (Phi) is 4.46. The minimum atomic E-state index is -0.166. The van der Waals surface area contributed by atoms with Gasteiger partial charge in [-0.3, -0.25) is 9.69 Å². The fraction of sp³-hybridized carbons (Fsp3) is 0.720. The van der Waals surface area contributed by atoms with Gasteiger partial charge in [-0.15, -0.1) is 0 Å². The highest BCUT2D eigenvalue weighted by Gasteiger charge is 2.78. The number of carbonyl (C=O) groups is 1. The lowest BCUT2D eigenvalue weighted by atomic mass is 9.53. The summed E-state index contributed by atoms with van der Waals surface area (Å²) in [4.78, 5) is 17.4. The number of para-hydroxylation sites is 1. The topological polar surface area (TPSA) is 45.3 Å². The quantitative estimate of drug-likeness (QED) is 0.545. The smallest absolute Gasteiger partial charge is 0.311 e. The predicted molar refractivity (Wildman–Crippen MR) is 115 cm³/mol. The second-order valence-corrected chi connectivity index (χ2v) is 10.8. The summed E-state index contributed by atoms with van der Waals surface area (Å²) in [5.74, 6) is 0.435. The number of carbonyl (C=O) groups excluding carboxylic acids is 1. The van der Waals surface area contributed by atoms with Gasteiger partial charge in [-0.05, 0) is 37.3 Å². The molecule has 31 heavy (non-hydrogen) atoms. The van der Waals surface area contributed by atoms with Crippen molar-refractivity contribution in [2.75, 3.05) is 37.6 Å². The average Bonchev–Trinajstić information content (AvgIpc) is 3.44. The first-order valence-electron chi connectivity index (χ1n) is 12.0. The highest BCUT2D eigenvalue weighted by molar-refractivity contribution is 5.76. The van der Waals surface area contributed by atoms with Gasteiger partial charge in [0, 0.05) is 44.1 Å². The number of piperazine rings is 1. The third-order valence-electron chi connectivity index (χ3n) is 9.21. The van der Waals surface area contributed by atoms with E-state index < -0.39 is 0 Å². The van der Waals surface area contributed by atoms with Crippen LogP contribution < -0.4 is 4.90 Å². The lowest BCUT2D eigenvalue weighted by Crippen LogP contribution is -2.55. The zero-order chi connectivity index (χ0) is 21.4. The fourth-order valence-electron chi connectivity index (χ4n) is 7.60. The van der Waals surface area contributed by atoms with Crippen LogP contribution in [0, 0.1) is 29.0 Å². The van der Waals surface area contributed by atoms with Crippen LogP contribution in [0.5, 0.6) is 0 Å². The maximum Gasteiger partial charge on any atom is 0.311 e. The van der Waals surface area contributed by atoms with Crippen molar-refractivity contribution in [3.63, 3.8) is 0 Å². The van der Waals surface area contributed by atoms with Gasteiger partial charge >= 0.3 is 5.97 Å². The predicted octanol–water partition coefficient (Wildman–Crippen LogP) is 3.47. The molecule has 1 spiro atoms. The van der Waals surface area contributed by atoms with Gasteiger partial charge in [0.2, 0.25) is 0 Å². The number of hydrogen-bond acceptors (Lipinski definition) is 5. The Hall–Kier alpha value is -1.66. The number of anilines is 1. The number of benzene rings is 1. The molecule has 168 valence electrons. The monoisotopic (exact) mass is 428 g/mol. The zero-order valence-corrected chi connectivity index (χ0v) is 18.6. The van der Waals surface area contributed by atoms with Gasteiger partial charge in [-0.1, -0.05) is 32.4 Å². The summed E-state index contributed by atoms with van der Waals surface area (Å²) in [6, 6.07) is 6.98. The highest BCUT2D eigenvalue weighted by atomic mass is 19.1. The summed E-state index contributed by atoms with van der Waals surface area (Å²) >= 11 is 0. The maximum absolute atomic E-state index is 14.2. The molecule has 3 saturated heterocycles. The molecular weight excluding hydrogens is 395 g/mol. The third kappa shape index (κ3) is 2.83. The van der Waals surface area contributed by atoms with Crippen molar-refractivity contribution < 1.29 is 18.7 Å². The minimum absolute atomic E-state index is 0.00753. The van der Waals surface area contributed by atoms with Crippen molar-refractivity contribution in [1.82, 2.24) is 4.90 Å². The van der Waals surface area contributed by atoms with Crippen LogP contribution in [0.1, 0.15) is 39.5 Å². The first-order chi connectivity index (χ1) is 14.9. The summed E-state index contributed by atoms with van der Waals surface area (Å²) < 4.78 is 26.7. The van der Waals surface area contributed by atoms with E-state index in [0.717, 1.165) is 39.1 Å². The zero-order valence-electron chi connectivity index (χ0n) is 18.6. The molecule has 0 N–H and O–H groups in total. The number of rotatable bonds is 3. The van der Waals surface area contributed by atoms with Crippen LogP contribution in [0.4, 0.5) is 10.1 Å². The molecule has 3 aliphatic heterocycles. The van der Waals surface area contributed by atoms with E-state index in [2.05, 4.69) is 23.6 Å². The first kappa shape index (κ1) is 20.0. The van der Waals surface area contributed by atoms with Crippen LogP contribution in [0.15, 0.2) is 24.3 Å². The Morgan fingerprint density at radius 3 is 2.74 bits per heavy atom. The third-order valence-corrected chi connectivity index (χ3v) is 9.21. The van der Waals surface area contributed by atoms with Crippen LogP contribution in [0.2, 0.25) is 0 Å². The van der Waals surface area contributed by atoms with Crippen LogP contribution in [-0.4, -0.2) is 61.4 Å². The van der Waals surface area contributed by atoms with E-state index in [1.807, 2.05) is 12.1 Å². The number of halogens is 1. The molecule has 6 heteroatoms. The van der Waals surface area contributed by atoms with Crippen molar-refractivity contribution in [2.24, 2.45) is 23.2 Å². The standard InChI is InChI=1S/C25H33FN2O3/c1-16-6-5-9-24(2)14-20-21(22-25(16,24)31-22)17(23(29)30-20)15-27-10-12-28(13-11-27)19-8-4-3-7-18(19)26/h3-4,7-8,16-17,20-22H,5-6,9-15H2,1-2H3/t16-,17+,20-,21+,22+,24+,25-/m1/s1. The summed E-state index contributed by atoms with van der Waals surface area (Å²) in [6.07, 6.45) is 4.77. The van der Waals surface area contributed by atoms with Crippen LogP contribution in [0.3, 0.4) is 0 Å². The maximum atomic E-state index is 14.2. The van der Waals surface area contributed by atoms with Gasteiger partial charge in [0.05, 0.1) is 17.7 Å². The fourth-order valence-corrected chi connectivity index (χ4v) is 7.60. The summed E-state index contributed by atoms with van der Waals surface area (Å²) in [5, 5.41) is 0. The van der Waals surface area contributed by atoms with Crippen LogP contribution in [-0.2, 0) is 14.3 Å². The van der Waals surface area contributed by atoms with E-state index >= 15 is 0 Å². The van der Waals surface area contributed by atoms with Crippen LogP contribution in [0.25, 0.3) is 0 Å². The molecule has 6 rings (SSSR count). The van der Waals surface area contributed by atoms with Gasteiger partial charge in [0.15, 0.2) is 0 Å². The molecule has 5 fully saturated rings. The molecule has 0 aromatic heterocycles. The highest BCUT2D eigenvalue weighted by Crippen LogP contribution is 2.70. The molecule has 0 amide bonds. The lowest BCUT2D eigenvalue weighted by molar-refractivity contribution is -0.146. The Balaban J connectivity index is 1.15. The molecule has 7 atom stereocenters. The molecule has 2 saturated carbocycles. The van der Waals surface area contributed by atoms with Gasteiger partial charge in [-0.25, -0.2) is 4.39 Å². The van der Waals surface area contributed by atoms with Crippen molar-refractivity contribution >= 4 is 11.7 Å². The van der Waals surface area contributed by atoms with E-state index in [-0.39, 0.29) is 46.8 Å². The second-order valence-electron chi connectivity index (χ2n) is 10.8. The number of esters is 1. The molecule has 0 radical (unpaired) electrons. The van der Waals surface area contributed by atoms with E-state index in [4.69, 9.17) is 9.47 Å². The molecule has 2 aliphatic carbocycles. The van der Waals surface area contributed by atoms with Gasteiger partial charge in [0.1, 0.15) is 17.5 Å². The normalized spacial score (nSPS) is 44.3. The lowest BCUT2D eigenvalue weighted by Gasteiger charge is -2.49. The van der Waals surface area contributed by atoms with E-state index in [0.29, 0.717) is 11.6 Å². The summed E-state index contributed by atoms with van der Waals surface area (Å²) in [7, 11) is 0. The van der Waals surface area contributed by atoms with Crippen molar-refractivity contribution in [3.8, 4) is 0 Å². The Labute approximate surface area is 183 Å². The minimum Gasteiger partial charge on any atom is -0.462 e. The van der Waals surface area contributed by atoms with E-state index in [9.17, 15) is 9.18 Å². The summed E-state index contributed by atoms with van der Waals surface area (Å²) in [6.45, 7) is 8.65. The largest absolute Gasteiger partial charge is 0.462 e. The van der Waals surface area contributed by atoms with Gasteiger partial charge in [-0.2, -0.15) is 0 Å². The SMILES string of the molecule is C[C@@H]1CCC[C@@]2(C)C[C@H]3OC(=O)[C@@H](CN4CCN(c5ccccc5F)CC4)[C@@H]3[C@@H]3O[C@]132.